The first kappa shape index (κ1) is 17.9. The Morgan fingerprint density at radius 1 is 1.14 bits per heavy atom. The number of amides is 2. The Kier molecular flexibility index (Phi) is 6.39. The van der Waals surface area contributed by atoms with Gasteiger partial charge in [-0.2, -0.15) is 0 Å². The molecule has 2 aliphatic rings. The number of morpholine rings is 1. The molecule has 0 radical (unpaired) electrons. The fraction of sp³-hybridized carbons (Fsp3) is 0.429. The zero-order chi connectivity index (χ0) is 14.8. The van der Waals surface area contributed by atoms with Crippen molar-refractivity contribution < 1.29 is 70.4 Å². The maximum atomic E-state index is 11.8. The van der Waals surface area contributed by atoms with Gasteiger partial charge >= 0.3 is 57.5 Å². The minimum Gasteiger partial charge on any atom is -0.674 e. The number of carbonyl (C=O) groups excluding carboxylic acids is 2. The van der Waals surface area contributed by atoms with E-state index in [1.165, 1.54) is 4.90 Å². The van der Waals surface area contributed by atoms with E-state index < -0.39 is 6.09 Å². The monoisotopic (exact) mass is 329 g/mol. The summed E-state index contributed by atoms with van der Waals surface area (Å²) in [4.78, 5) is 26.7. The minimum absolute atomic E-state index is 0. The first-order valence-corrected chi connectivity index (χ1v) is 6.80. The molecule has 2 heterocycles. The van der Waals surface area contributed by atoms with Crippen molar-refractivity contribution in [3.8, 4) is 0 Å². The van der Waals surface area contributed by atoms with E-state index in [1.807, 2.05) is 0 Å². The van der Waals surface area contributed by atoms with Gasteiger partial charge in [0.2, 0.25) is 0 Å². The van der Waals surface area contributed by atoms with Crippen molar-refractivity contribution in [3.05, 3.63) is 30.0 Å². The summed E-state index contributed by atoms with van der Waals surface area (Å²) >= 11 is 0. The van der Waals surface area contributed by atoms with Crippen molar-refractivity contribution >= 4 is 23.4 Å². The van der Waals surface area contributed by atoms with Crippen LogP contribution in [0, 0.1) is 0 Å². The van der Waals surface area contributed by atoms with Gasteiger partial charge in [0.1, 0.15) is 12.7 Å². The van der Waals surface area contributed by atoms with Crippen LogP contribution in [0.4, 0.5) is 16.2 Å². The predicted octanol–water partition coefficient (Wildman–Crippen LogP) is -1.57. The van der Waals surface area contributed by atoms with E-state index in [9.17, 15) is 9.59 Å². The van der Waals surface area contributed by atoms with Gasteiger partial charge in [-0.15, -0.1) is 6.54 Å². The smallest absolute Gasteiger partial charge is 0.674 e. The van der Waals surface area contributed by atoms with Gasteiger partial charge in [-0.25, -0.2) is 4.79 Å². The third-order valence-electron chi connectivity index (χ3n) is 3.56. The van der Waals surface area contributed by atoms with Gasteiger partial charge in [0.05, 0.1) is 13.2 Å². The van der Waals surface area contributed by atoms with Gasteiger partial charge < -0.3 is 20.1 Å². The second-order valence-corrected chi connectivity index (χ2v) is 4.93. The molecule has 0 saturated carbocycles. The third kappa shape index (κ3) is 3.70. The molecule has 0 spiro atoms. The van der Waals surface area contributed by atoms with Crippen molar-refractivity contribution in [1.29, 1.82) is 0 Å². The average molecular weight is 329 g/mol. The molecule has 1 aromatic rings. The Hall–Kier alpha value is -0.484. The Morgan fingerprint density at radius 3 is 2.32 bits per heavy atom. The number of benzene rings is 1. The van der Waals surface area contributed by atoms with Crippen LogP contribution < -0.4 is 61.2 Å². The van der Waals surface area contributed by atoms with Crippen LogP contribution in [-0.4, -0.2) is 51.0 Å². The average Bonchev–Trinajstić information content (AvgIpc) is 2.89. The summed E-state index contributed by atoms with van der Waals surface area (Å²) in [6, 6.07) is 7.18. The number of carbonyl (C=O) groups is 2. The van der Waals surface area contributed by atoms with Gasteiger partial charge in [0.15, 0.2) is 0 Å². The van der Waals surface area contributed by atoms with E-state index >= 15 is 0 Å². The fourth-order valence-corrected chi connectivity index (χ4v) is 2.44. The summed E-state index contributed by atoms with van der Waals surface area (Å²) in [5.41, 5.74) is 8.77. The third-order valence-corrected chi connectivity index (χ3v) is 3.56. The molecule has 1 aromatic carbocycles. The van der Waals surface area contributed by atoms with Crippen molar-refractivity contribution in [2.24, 2.45) is 0 Å². The van der Waals surface area contributed by atoms with Crippen LogP contribution in [0.15, 0.2) is 24.3 Å². The van der Waals surface area contributed by atoms with E-state index in [0.717, 1.165) is 5.69 Å². The van der Waals surface area contributed by atoms with Crippen molar-refractivity contribution in [1.82, 2.24) is 0 Å². The van der Waals surface area contributed by atoms with E-state index in [4.69, 9.17) is 15.2 Å². The van der Waals surface area contributed by atoms with E-state index in [0.29, 0.717) is 25.4 Å². The summed E-state index contributed by atoms with van der Waals surface area (Å²) in [5, 5.41) is 0. The number of hydrogen-bond acceptors (Lipinski definition) is 4. The number of nitrogens with one attached hydrogen (secondary N) is 1. The number of nitrogens with zero attached hydrogens (tertiary/aromatic N) is 2. The Labute approximate surface area is 171 Å². The Morgan fingerprint density at radius 2 is 1.77 bits per heavy atom. The summed E-state index contributed by atoms with van der Waals surface area (Å²) in [6.45, 7) is 1.61. The first-order chi connectivity index (χ1) is 10.2. The molecule has 22 heavy (non-hydrogen) atoms. The molecule has 3 rings (SSSR count). The van der Waals surface area contributed by atoms with Gasteiger partial charge in [-0.1, -0.05) is 0 Å². The van der Waals surface area contributed by atoms with Gasteiger partial charge in [-0.05, 0) is 24.3 Å². The van der Waals surface area contributed by atoms with E-state index in [2.05, 4.69) is 0 Å². The van der Waals surface area contributed by atoms with Crippen molar-refractivity contribution in [3.63, 3.8) is 0 Å². The quantitative estimate of drug-likeness (QED) is 0.628. The minimum atomic E-state index is -0.428. The molecule has 0 aliphatic carbocycles. The van der Waals surface area contributed by atoms with E-state index in [-0.39, 0.29) is 76.5 Å². The molecule has 1 unspecified atom stereocenters. The second kappa shape index (κ2) is 7.87. The van der Waals surface area contributed by atoms with Crippen LogP contribution in [0.3, 0.4) is 0 Å². The molecule has 2 fully saturated rings. The maximum absolute atomic E-state index is 11.8. The van der Waals surface area contributed by atoms with Crippen LogP contribution in [-0.2, 0) is 14.3 Å². The molecule has 7 nitrogen and oxygen atoms in total. The Bertz CT molecular complexity index is 552. The first-order valence-electron chi connectivity index (χ1n) is 6.80. The maximum Gasteiger partial charge on any atom is 1.00 e. The number of cyclic esters (lactones) is 1. The second-order valence-electron chi connectivity index (χ2n) is 4.93. The van der Waals surface area contributed by atoms with Crippen molar-refractivity contribution in [2.45, 2.75) is 6.10 Å². The number of hydrogen-bond donors (Lipinski definition) is 0. The standard InChI is InChI=1S/C14H16N3O4.K/c15-7-12-8-17(14(19)21-12)11-3-1-10(2-4-11)16-5-6-20-9-13(16)18;/h1-4,12,15H,5-9H2;/q-1;+1. The van der Waals surface area contributed by atoms with Crippen LogP contribution >= 0.6 is 0 Å². The van der Waals surface area contributed by atoms with Gasteiger partial charge in [0, 0.05) is 17.9 Å². The zero-order valence-corrected chi connectivity index (χ0v) is 15.6. The van der Waals surface area contributed by atoms with Crippen LogP contribution in [0.25, 0.3) is 5.73 Å². The fourth-order valence-electron chi connectivity index (χ4n) is 2.44. The topological polar surface area (TPSA) is 82.9 Å². The molecular formula is C14H16KN3O4. The van der Waals surface area contributed by atoms with Crippen LogP contribution in [0.1, 0.15) is 0 Å². The summed E-state index contributed by atoms with van der Waals surface area (Å²) in [7, 11) is 0. The molecule has 1 atom stereocenters. The zero-order valence-electron chi connectivity index (χ0n) is 12.4. The molecule has 2 amide bonds. The van der Waals surface area contributed by atoms with Crippen molar-refractivity contribution in [2.75, 3.05) is 42.6 Å². The molecule has 2 saturated heterocycles. The molecule has 112 valence electrons. The number of rotatable bonds is 3. The van der Waals surface area contributed by atoms with Gasteiger partial charge in [0.25, 0.3) is 5.91 Å². The molecule has 2 aliphatic heterocycles. The molecule has 1 N–H and O–H groups in total. The number of ether oxygens (including phenoxy) is 2. The summed E-state index contributed by atoms with van der Waals surface area (Å²) in [6.07, 6.45) is -0.805. The van der Waals surface area contributed by atoms with Crippen LogP contribution in [0.2, 0.25) is 0 Å². The molecule has 8 heteroatoms. The van der Waals surface area contributed by atoms with Crippen LogP contribution in [0.5, 0.6) is 0 Å². The molecule has 0 bridgehead atoms. The summed E-state index contributed by atoms with van der Waals surface area (Å²) < 4.78 is 10.2. The van der Waals surface area contributed by atoms with Gasteiger partial charge in [-0.3, -0.25) is 9.69 Å². The molecule has 0 aromatic heterocycles. The largest absolute Gasteiger partial charge is 1.00 e. The predicted molar refractivity (Wildman–Crippen MR) is 76.4 cm³/mol. The Balaban J connectivity index is 0.00000176. The normalized spacial score (nSPS) is 21.6. The number of anilines is 2. The summed E-state index contributed by atoms with van der Waals surface area (Å²) in [5.74, 6) is -0.0659. The van der Waals surface area contributed by atoms with E-state index in [1.54, 1.807) is 29.2 Å². The molecular weight excluding hydrogens is 313 g/mol. The SMILES string of the molecule is [K+].[NH-]CC1CN(c2ccc(N3CCOCC3=O)cc2)C(=O)O1.